The van der Waals surface area contributed by atoms with E-state index >= 15 is 0 Å². The van der Waals surface area contributed by atoms with Crippen LogP contribution in [-0.2, 0) is 6.54 Å². The van der Waals surface area contributed by atoms with E-state index in [4.69, 9.17) is 10.5 Å². The molecule has 1 aromatic heterocycles. The number of hydrogen-bond donors (Lipinski definition) is 2. The fourth-order valence-corrected chi connectivity index (χ4v) is 3.44. The number of benzene rings is 2. The first-order valence-corrected chi connectivity index (χ1v) is 9.12. The number of ether oxygens (including phenoxy) is 1. The summed E-state index contributed by atoms with van der Waals surface area (Å²) in [4.78, 5) is 31.0. The minimum atomic E-state index is -0.541. The van der Waals surface area contributed by atoms with Crippen LogP contribution in [0.15, 0.2) is 66.9 Å². The maximum absolute atomic E-state index is 13.1. The molecule has 3 N–H and O–H groups in total. The molecule has 0 unspecified atom stereocenters. The molecular formula is C22H20N4O3. The van der Waals surface area contributed by atoms with Gasteiger partial charge in [0.2, 0.25) is 0 Å². The molecule has 0 saturated heterocycles. The van der Waals surface area contributed by atoms with Crippen molar-refractivity contribution in [2.45, 2.75) is 12.7 Å². The maximum atomic E-state index is 13.1. The van der Waals surface area contributed by atoms with Crippen molar-refractivity contribution >= 4 is 17.5 Å². The molecule has 1 atom stereocenters. The molecule has 0 spiro atoms. The van der Waals surface area contributed by atoms with Gasteiger partial charge in [0, 0.05) is 18.4 Å². The van der Waals surface area contributed by atoms with Crippen molar-refractivity contribution in [2.75, 3.05) is 12.4 Å². The number of carbonyl (C=O) groups is 2. The second-order valence-corrected chi connectivity index (χ2v) is 6.67. The first kappa shape index (κ1) is 18.5. The number of rotatable bonds is 6. The van der Waals surface area contributed by atoms with Crippen molar-refractivity contribution < 1.29 is 14.3 Å². The summed E-state index contributed by atoms with van der Waals surface area (Å²) in [7, 11) is 1.61. The average Bonchev–Trinajstić information content (AvgIpc) is 3.00. The first-order valence-electron chi connectivity index (χ1n) is 9.12. The van der Waals surface area contributed by atoms with E-state index in [1.54, 1.807) is 54.6 Å². The fourth-order valence-electron chi connectivity index (χ4n) is 3.44. The Bertz CT molecular complexity index is 1070. The van der Waals surface area contributed by atoms with Gasteiger partial charge in [0.15, 0.2) is 0 Å². The van der Waals surface area contributed by atoms with Gasteiger partial charge < -0.3 is 20.7 Å². The number of para-hydroxylation sites is 1. The number of anilines is 1. The molecule has 0 saturated carbocycles. The van der Waals surface area contributed by atoms with Crippen LogP contribution in [0.5, 0.6) is 5.75 Å². The van der Waals surface area contributed by atoms with Gasteiger partial charge in [-0.25, -0.2) is 0 Å². The minimum Gasteiger partial charge on any atom is -0.497 e. The molecule has 0 radical (unpaired) electrons. The highest BCUT2D eigenvalue weighted by molar-refractivity contribution is 6.00. The fraction of sp³-hybridized carbons (Fsp3) is 0.136. The molecule has 29 heavy (non-hydrogen) atoms. The third-order valence-corrected chi connectivity index (χ3v) is 4.90. The lowest BCUT2D eigenvalue weighted by molar-refractivity contribution is 0.0727. The van der Waals surface area contributed by atoms with Gasteiger partial charge in [-0.3, -0.25) is 14.6 Å². The lowest BCUT2D eigenvalue weighted by atomic mass is 10.1. The summed E-state index contributed by atoms with van der Waals surface area (Å²) in [6.45, 7) is 0.371. The monoisotopic (exact) mass is 388 g/mol. The van der Waals surface area contributed by atoms with Crippen molar-refractivity contribution in [1.29, 1.82) is 0 Å². The van der Waals surface area contributed by atoms with E-state index in [1.165, 1.54) is 0 Å². The van der Waals surface area contributed by atoms with Gasteiger partial charge >= 0.3 is 0 Å². The van der Waals surface area contributed by atoms with E-state index in [0.29, 0.717) is 29.1 Å². The third-order valence-electron chi connectivity index (χ3n) is 4.90. The minimum absolute atomic E-state index is 0.127. The Labute approximate surface area is 168 Å². The molecule has 3 aromatic rings. The topological polar surface area (TPSA) is 97.6 Å². The largest absolute Gasteiger partial charge is 0.497 e. The molecule has 146 valence electrons. The highest BCUT2D eigenvalue weighted by atomic mass is 16.5. The molecule has 7 nitrogen and oxygen atoms in total. The Balaban J connectivity index is 1.69. The Morgan fingerprint density at radius 2 is 1.90 bits per heavy atom. The van der Waals surface area contributed by atoms with Crippen molar-refractivity contribution in [3.8, 4) is 5.75 Å². The van der Waals surface area contributed by atoms with Crippen molar-refractivity contribution in [3.05, 3.63) is 89.2 Å². The first-order chi connectivity index (χ1) is 14.1. The van der Waals surface area contributed by atoms with Crippen LogP contribution in [0.1, 0.15) is 38.1 Å². The molecule has 2 aromatic carbocycles. The molecule has 1 aliphatic heterocycles. The quantitative estimate of drug-likeness (QED) is 0.677. The number of nitrogens with zero attached hydrogens (tertiary/aromatic N) is 2. The van der Waals surface area contributed by atoms with E-state index in [-0.39, 0.29) is 5.91 Å². The van der Waals surface area contributed by atoms with Crippen LogP contribution in [0.4, 0.5) is 5.69 Å². The van der Waals surface area contributed by atoms with Gasteiger partial charge in [-0.15, -0.1) is 0 Å². The van der Waals surface area contributed by atoms with Gasteiger partial charge in [-0.2, -0.15) is 0 Å². The average molecular weight is 388 g/mol. The SMILES string of the molecule is COc1ccc(CN2C(=O)c3cccnc3[C@H]2Nc2ccccc2C(N)=O)cc1. The van der Waals surface area contributed by atoms with Gasteiger partial charge in [0.25, 0.3) is 11.8 Å². The van der Waals surface area contributed by atoms with Gasteiger partial charge in [0.1, 0.15) is 11.9 Å². The molecule has 7 heteroatoms. The van der Waals surface area contributed by atoms with E-state index in [1.807, 2.05) is 24.3 Å². The molecule has 0 aliphatic carbocycles. The van der Waals surface area contributed by atoms with Crippen LogP contribution in [-0.4, -0.2) is 28.8 Å². The molecule has 0 bridgehead atoms. The number of fused-ring (bicyclic) bond motifs is 1. The summed E-state index contributed by atoms with van der Waals surface area (Å²) >= 11 is 0. The highest BCUT2D eigenvalue weighted by Gasteiger charge is 2.38. The smallest absolute Gasteiger partial charge is 0.258 e. The molecule has 4 rings (SSSR count). The lowest BCUT2D eigenvalue weighted by Crippen LogP contribution is -2.32. The number of methoxy groups -OCH3 is 1. The normalized spacial score (nSPS) is 15.1. The zero-order valence-electron chi connectivity index (χ0n) is 15.8. The highest BCUT2D eigenvalue weighted by Crippen LogP contribution is 2.35. The molecule has 2 amide bonds. The predicted octanol–water partition coefficient (Wildman–Crippen LogP) is 2.96. The zero-order chi connectivity index (χ0) is 20.4. The molecular weight excluding hydrogens is 368 g/mol. The standard InChI is InChI=1S/C22H20N4O3/c1-29-15-10-8-14(9-11-15)13-26-21(19-17(22(26)28)6-4-12-24-19)25-18-7-3-2-5-16(18)20(23)27/h2-12,21,25H,13H2,1H3,(H2,23,27)/t21-/m0/s1. The van der Waals surface area contributed by atoms with E-state index in [2.05, 4.69) is 10.3 Å². The zero-order valence-corrected chi connectivity index (χ0v) is 15.8. The number of amides is 2. The lowest BCUT2D eigenvalue weighted by Gasteiger charge is -2.27. The second-order valence-electron chi connectivity index (χ2n) is 6.67. The molecule has 2 heterocycles. The Kier molecular flexibility index (Phi) is 4.87. The predicted molar refractivity (Wildman–Crippen MR) is 108 cm³/mol. The summed E-state index contributed by atoms with van der Waals surface area (Å²) in [6, 6.07) is 18.0. The van der Waals surface area contributed by atoms with E-state index < -0.39 is 12.1 Å². The number of carbonyl (C=O) groups excluding carboxylic acids is 2. The van der Waals surface area contributed by atoms with Gasteiger partial charge in [-0.1, -0.05) is 24.3 Å². The van der Waals surface area contributed by atoms with Crippen LogP contribution in [0.2, 0.25) is 0 Å². The Morgan fingerprint density at radius 1 is 1.14 bits per heavy atom. The number of nitrogens with one attached hydrogen (secondary N) is 1. The van der Waals surface area contributed by atoms with Crippen LogP contribution in [0.3, 0.4) is 0 Å². The van der Waals surface area contributed by atoms with Gasteiger partial charge in [-0.05, 0) is 42.0 Å². The van der Waals surface area contributed by atoms with Crippen LogP contribution in [0, 0.1) is 0 Å². The third kappa shape index (κ3) is 3.50. The van der Waals surface area contributed by atoms with Crippen LogP contribution >= 0.6 is 0 Å². The number of hydrogen-bond acceptors (Lipinski definition) is 5. The Hall–Kier alpha value is -3.87. The summed E-state index contributed by atoms with van der Waals surface area (Å²) in [5.74, 6) is 0.0786. The summed E-state index contributed by atoms with van der Waals surface area (Å²) in [5, 5.41) is 3.29. The maximum Gasteiger partial charge on any atom is 0.258 e. The Morgan fingerprint density at radius 3 is 2.62 bits per heavy atom. The molecule has 1 aliphatic rings. The molecule has 0 fully saturated rings. The number of primary amides is 1. The summed E-state index contributed by atoms with van der Waals surface area (Å²) < 4.78 is 5.20. The second kappa shape index (κ2) is 7.63. The van der Waals surface area contributed by atoms with Crippen LogP contribution in [0.25, 0.3) is 0 Å². The number of pyridine rings is 1. The number of aromatic nitrogens is 1. The van der Waals surface area contributed by atoms with E-state index in [9.17, 15) is 9.59 Å². The van der Waals surface area contributed by atoms with Crippen LogP contribution < -0.4 is 15.8 Å². The van der Waals surface area contributed by atoms with Crippen molar-refractivity contribution in [3.63, 3.8) is 0 Å². The van der Waals surface area contributed by atoms with Gasteiger partial charge in [0.05, 0.1) is 23.9 Å². The number of nitrogens with two attached hydrogens (primary N) is 1. The summed E-state index contributed by atoms with van der Waals surface area (Å²) in [5.41, 5.74) is 8.52. The van der Waals surface area contributed by atoms with Crippen molar-refractivity contribution in [2.24, 2.45) is 5.73 Å². The van der Waals surface area contributed by atoms with E-state index in [0.717, 1.165) is 11.3 Å². The summed E-state index contributed by atoms with van der Waals surface area (Å²) in [6.07, 6.45) is 1.12. The van der Waals surface area contributed by atoms with Crippen molar-refractivity contribution in [1.82, 2.24) is 9.88 Å².